The maximum Gasteiger partial charge on any atom is 0.0130 e. The van der Waals surface area contributed by atoms with E-state index in [9.17, 15) is 0 Å². The van der Waals surface area contributed by atoms with Crippen LogP contribution in [0.15, 0.2) is 158 Å². The topological polar surface area (TPSA) is 0 Å². The predicted molar refractivity (Wildman–Crippen MR) is 206 cm³/mol. The maximum absolute atomic E-state index is 2.41. The first-order chi connectivity index (χ1) is 21.7. The summed E-state index contributed by atoms with van der Waals surface area (Å²) in [6, 6.07) is 58.0. The molecule has 0 amide bonds. The van der Waals surface area contributed by atoms with Crippen molar-refractivity contribution in [3.63, 3.8) is 0 Å². The summed E-state index contributed by atoms with van der Waals surface area (Å²) in [6.07, 6.45) is 0. The molecule has 208 valence electrons. The molecule has 0 aromatic heterocycles. The van der Waals surface area contributed by atoms with E-state index in [4.69, 9.17) is 0 Å². The Hall–Kier alpha value is -4.00. The molecular formula is C42H26I2. The van der Waals surface area contributed by atoms with E-state index in [-0.39, 0.29) is 0 Å². The lowest BCUT2D eigenvalue weighted by atomic mass is 9.77. The van der Waals surface area contributed by atoms with Gasteiger partial charge in [0, 0.05) is 7.14 Å². The van der Waals surface area contributed by atoms with Crippen LogP contribution in [0.25, 0.3) is 76.8 Å². The lowest BCUT2D eigenvalue weighted by Gasteiger charge is -2.25. The number of hydrogen-bond donors (Lipinski definition) is 0. The summed E-state index contributed by atoms with van der Waals surface area (Å²) in [4.78, 5) is 0. The minimum atomic E-state index is 1.23. The van der Waals surface area contributed by atoms with Crippen LogP contribution in [0.2, 0.25) is 0 Å². The summed E-state index contributed by atoms with van der Waals surface area (Å²) in [5.74, 6) is 0. The van der Waals surface area contributed by atoms with Crippen LogP contribution >= 0.6 is 45.2 Å². The van der Waals surface area contributed by atoms with E-state index >= 15 is 0 Å². The second kappa shape index (κ2) is 11.5. The SMILES string of the molecule is Ic1ccc(-c2c3ccccc3c(-c3ccc(I)cc3)c3c(-c4ccccc4)c4ccccc4c(-c4ccccc4)c23)cc1. The van der Waals surface area contributed by atoms with Crippen LogP contribution in [0.5, 0.6) is 0 Å². The monoisotopic (exact) mass is 784 g/mol. The quantitative estimate of drug-likeness (QED) is 0.123. The van der Waals surface area contributed by atoms with Gasteiger partial charge in [-0.25, -0.2) is 0 Å². The van der Waals surface area contributed by atoms with Gasteiger partial charge in [-0.05, 0) is 146 Å². The number of hydrogen-bond acceptors (Lipinski definition) is 0. The smallest absolute Gasteiger partial charge is 0.0130 e. The molecule has 0 atom stereocenters. The fourth-order valence-electron chi connectivity index (χ4n) is 6.77. The highest BCUT2D eigenvalue weighted by Crippen LogP contribution is 2.53. The molecule has 8 rings (SSSR count). The van der Waals surface area contributed by atoms with Crippen molar-refractivity contribution in [3.05, 3.63) is 165 Å². The van der Waals surface area contributed by atoms with Crippen LogP contribution in [-0.2, 0) is 0 Å². The molecule has 0 bridgehead atoms. The summed E-state index contributed by atoms with van der Waals surface area (Å²) in [7, 11) is 0. The van der Waals surface area contributed by atoms with Crippen LogP contribution in [0.4, 0.5) is 0 Å². The van der Waals surface area contributed by atoms with Gasteiger partial charge in [-0.1, -0.05) is 133 Å². The van der Waals surface area contributed by atoms with E-state index in [2.05, 4.69) is 203 Å². The summed E-state index contributed by atoms with van der Waals surface area (Å²) < 4.78 is 2.46. The van der Waals surface area contributed by atoms with Crippen molar-refractivity contribution in [2.24, 2.45) is 0 Å². The van der Waals surface area contributed by atoms with Gasteiger partial charge in [0.15, 0.2) is 0 Å². The van der Waals surface area contributed by atoms with E-state index in [1.165, 1.54) is 84.0 Å². The van der Waals surface area contributed by atoms with Crippen molar-refractivity contribution in [2.75, 3.05) is 0 Å². The molecule has 44 heavy (non-hydrogen) atoms. The molecule has 0 aliphatic carbocycles. The molecule has 8 aromatic carbocycles. The van der Waals surface area contributed by atoms with Crippen LogP contribution in [-0.4, -0.2) is 0 Å². The van der Waals surface area contributed by atoms with Crippen molar-refractivity contribution in [1.82, 2.24) is 0 Å². The van der Waals surface area contributed by atoms with E-state index in [0.29, 0.717) is 0 Å². The van der Waals surface area contributed by atoms with Crippen LogP contribution in [0, 0.1) is 7.14 Å². The minimum Gasteiger partial charge on any atom is -0.0622 e. The fraction of sp³-hybridized carbons (Fsp3) is 0. The zero-order valence-electron chi connectivity index (χ0n) is 23.8. The molecule has 0 aliphatic rings. The van der Waals surface area contributed by atoms with Gasteiger partial charge >= 0.3 is 0 Å². The van der Waals surface area contributed by atoms with Crippen LogP contribution in [0.3, 0.4) is 0 Å². The number of benzene rings is 8. The highest BCUT2D eigenvalue weighted by Gasteiger charge is 2.25. The van der Waals surface area contributed by atoms with Gasteiger partial charge in [-0.3, -0.25) is 0 Å². The van der Waals surface area contributed by atoms with E-state index < -0.39 is 0 Å². The van der Waals surface area contributed by atoms with Gasteiger partial charge in [-0.15, -0.1) is 0 Å². The number of fused-ring (bicyclic) bond motifs is 3. The third-order valence-electron chi connectivity index (χ3n) is 8.57. The molecule has 8 aromatic rings. The molecule has 0 fully saturated rings. The zero-order valence-corrected chi connectivity index (χ0v) is 28.1. The Bertz CT molecular complexity index is 2140. The second-order valence-corrected chi connectivity index (χ2v) is 13.6. The van der Waals surface area contributed by atoms with Crippen molar-refractivity contribution in [1.29, 1.82) is 0 Å². The number of halogens is 2. The Morgan fingerprint density at radius 3 is 0.795 bits per heavy atom. The van der Waals surface area contributed by atoms with Crippen LogP contribution in [0.1, 0.15) is 0 Å². The first-order valence-corrected chi connectivity index (χ1v) is 16.9. The molecule has 0 heterocycles. The maximum atomic E-state index is 2.41. The van der Waals surface area contributed by atoms with Gasteiger partial charge in [0.1, 0.15) is 0 Å². The zero-order chi connectivity index (χ0) is 29.6. The largest absolute Gasteiger partial charge is 0.0622 e. The highest BCUT2D eigenvalue weighted by atomic mass is 127. The Morgan fingerprint density at radius 2 is 0.500 bits per heavy atom. The van der Waals surface area contributed by atoms with Crippen molar-refractivity contribution < 1.29 is 0 Å². The average molecular weight is 784 g/mol. The lowest BCUT2D eigenvalue weighted by molar-refractivity contribution is 1.61. The summed E-state index contributed by atoms with van der Waals surface area (Å²) in [6.45, 7) is 0. The second-order valence-electron chi connectivity index (χ2n) is 11.1. The third-order valence-corrected chi connectivity index (χ3v) is 10.0. The van der Waals surface area contributed by atoms with E-state index in [1.807, 2.05) is 0 Å². The van der Waals surface area contributed by atoms with Crippen molar-refractivity contribution in [2.45, 2.75) is 0 Å². The van der Waals surface area contributed by atoms with Crippen molar-refractivity contribution in [3.8, 4) is 44.5 Å². The molecular weight excluding hydrogens is 758 g/mol. The fourth-order valence-corrected chi connectivity index (χ4v) is 7.49. The molecule has 0 N–H and O–H groups in total. The predicted octanol–water partition coefficient (Wildman–Crippen LogP) is 13.0. The molecule has 0 saturated carbocycles. The first kappa shape index (κ1) is 27.5. The van der Waals surface area contributed by atoms with Crippen molar-refractivity contribution >= 4 is 77.5 Å². The summed E-state index contributed by atoms with van der Waals surface area (Å²) in [5.41, 5.74) is 10.0. The highest BCUT2D eigenvalue weighted by molar-refractivity contribution is 14.1. The third kappa shape index (κ3) is 4.63. The normalized spacial score (nSPS) is 11.4. The summed E-state index contributed by atoms with van der Waals surface area (Å²) in [5, 5.41) is 7.65. The van der Waals surface area contributed by atoms with E-state index in [0.717, 1.165) is 0 Å². The number of rotatable bonds is 4. The minimum absolute atomic E-state index is 1.23. The van der Waals surface area contributed by atoms with Gasteiger partial charge in [-0.2, -0.15) is 0 Å². The molecule has 0 nitrogen and oxygen atoms in total. The standard InChI is InChI=1S/C42H26I2/c43-31-23-19-29(20-24-31)39-35-17-9-10-18-36(35)40(30-21-25-32(44)26-22-30)42-38(28-13-5-2-6-14-28)34-16-8-7-15-33(34)37(41(39)42)27-11-3-1-4-12-27/h1-26H. The lowest BCUT2D eigenvalue weighted by Crippen LogP contribution is -1.97. The summed E-state index contributed by atoms with van der Waals surface area (Å²) >= 11 is 4.81. The Kier molecular flexibility index (Phi) is 7.19. The average Bonchev–Trinajstić information content (AvgIpc) is 3.08. The molecule has 0 aliphatic heterocycles. The Morgan fingerprint density at radius 1 is 0.250 bits per heavy atom. The Balaban J connectivity index is 1.75. The molecule has 0 saturated heterocycles. The Labute approximate surface area is 284 Å². The van der Waals surface area contributed by atoms with E-state index in [1.54, 1.807) is 0 Å². The van der Waals surface area contributed by atoms with Gasteiger partial charge in [0.2, 0.25) is 0 Å². The first-order valence-electron chi connectivity index (χ1n) is 14.7. The van der Waals surface area contributed by atoms with Gasteiger partial charge in [0.25, 0.3) is 0 Å². The molecule has 0 spiro atoms. The molecule has 0 unspecified atom stereocenters. The van der Waals surface area contributed by atoms with Crippen LogP contribution < -0.4 is 0 Å². The molecule has 2 heteroatoms. The van der Waals surface area contributed by atoms with Gasteiger partial charge < -0.3 is 0 Å². The molecule has 0 radical (unpaired) electrons. The van der Waals surface area contributed by atoms with Gasteiger partial charge in [0.05, 0.1) is 0 Å².